The predicted molar refractivity (Wildman–Crippen MR) is 131 cm³/mol. The van der Waals surface area contributed by atoms with E-state index in [4.69, 9.17) is 4.99 Å². The minimum atomic E-state index is -4.35. The lowest BCUT2D eigenvalue weighted by Gasteiger charge is -2.21. The van der Waals surface area contributed by atoms with Gasteiger partial charge in [0.1, 0.15) is 17.4 Å². The van der Waals surface area contributed by atoms with Crippen LogP contribution in [0.5, 0.6) is 0 Å². The normalized spacial score (nSPS) is 14.4. The summed E-state index contributed by atoms with van der Waals surface area (Å²) in [6, 6.07) is 7.94. The fourth-order valence-corrected chi connectivity index (χ4v) is 4.65. The number of aliphatic imine (C=N–C) groups is 1. The molecule has 1 aromatic heterocycles. The van der Waals surface area contributed by atoms with Crippen molar-refractivity contribution in [3.63, 3.8) is 0 Å². The number of para-hydroxylation sites is 1. The van der Waals surface area contributed by atoms with E-state index in [2.05, 4.69) is 39.8 Å². The number of halogens is 3. The number of hydrogen-bond acceptors (Lipinski definition) is 7. The first kappa shape index (κ1) is 25.3. The van der Waals surface area contributed by atoms with E-state index in [-0.39, 0.29) is 5.95 Å². The third-order valence-corrected chi connectivity index (χ3v) is 6.46. The zero-order chi connectivity index (χ0) is 23.8. The molecule has 3 rings (SSSR count). The summed E-state index contributed by atoms with van der Waals surface area (Å²) < 4.78 is 38.2. The summed E-state index contributed by atoms with van der Waals surface area (Å²) in [4.78, 5) is 13.5. The van der Waals surface area contributed by atoms with Crippen molar-refractivity contribution in [3.05, 3.63) is 41.1 Å². The maximum absolute atomic E-state index is 12.7. The quantitative estimate of drug-likeness (QED) is 0.393. The molecule has 6 nitrogen and oxygen atoms in total. The van der Waals surface area contributed by atoms with Gasteiger partial charge in [0.2, 0.25) is 5.95 Å². The van der Waals surface area contributed by atoms with E-state index in [9.17, 15) is 13.2 Å². The van der Waals surface area contributed by atoms with E-state index in [1.165, 1.54) is 0 Å². The first-order valence-corrected chi connectivity index (χ1v) is 12.2. The van der Waals surface area contributed by atoms with Crippen LogP contribution in [0.15, 0.2) is 29.3 Å². The summed E-state index contributed by atoms with van der Waals surface area (Å²) in [6.07, 6.45) is -2.39. The lowest BCUT2D eigenvalue weighted by molar-refractivity contribution is -0.115. The summed E-state index contributed by atoms with van der Waals surface area (Å²) in [5.41, 5.74) is 3.37. The highest BCUT2D eigenvalue weighted by Gasteiger charge is 2.28. The molecule has 2 heterocycles. The number of aryl methyl sites for hydroxylation is 1. The standard InChI is InChI=1S/C23H31F3N6S/c1-4-16(12-27-5-2)10-11-28-20-19(15(3)30-22(32-20)29-14-23(24,25)26)21-31-18-9-7-6-8-17(18)13-33-21/h6-9,16,27H,4-5,10-14H2,1-3H3,(H2,28,29,30,32). The summed E-state index contributed by atoms with van der Waals surface area (Å²) in [5.74, 6) is 1.73. The van der Waals surface area contributed by atoms with Crippen molar-refractivity contribution in [3.8, 4) is 0 Å². The van der Waals surface area contributed by atoms with Gasteiger partial charge in [0.15, 0.2) is 0 Å². The second-order valence-corrected chi connectivity index (χ2v) is 8.92. The van der Waals surface area contributed by atoms with Crippen molar-refractivity contribution in [1.82, 2.24) is 15.3 Å². The number of nitrogens with zero attached hydrogens (tertiary/aromatic N) is 3. The average molecular weight is 481 g/mol. The number of aromatic nitrogens is 2. The molecule has 0 radical (unpaired) electrons. The molecule has 1 aromatic carbocycles. The van der Waals surface area contributed by atoms with Crippen molar-refractivity contribution < 1.29 is 13.2 Å². The topological polar surface area (TPSA) is 74.2 Å². The molecule has 0 saturated carbocycles. The molecule has 0 fully saturated rings. The smallest absolute Gasteiger partial charge is 0.369 e. The van der Waals surface area contributed by atoms with E-state index >= 15 is 0 Å². The van der Waals surface area contributed by atoms with Gasteiger partial charge in [0.05, 0.1) is 16.9 Å². The highest BCUT2D eigenvalue weighted by Crippen LogP contribution is 2.35. The first-order valence-electron chi connectivity index (χ1n) is 11.2. The van der Waals surface area contributed by atoms with Crippen molar-refractivity contribution in [2.24, 2.45) is 10.9 Å². The SMILES string of the molecule is CCNCC(CC)CCNc1nc(NCC(F)(F)F)nc(C)c1C1=Nc2ccccc2CS1. The Morgan fingerprint density at radius 1 is 1.12 bits per heavy atom. The molecule has 0 spiro atoms. The van der Waals surface area contributed by atoms with Crippen LogP contribution in [0.4, 0.5) is 30.6 Å². The van der Waals surface area contributed by atoms with Crippen molar-refractivity contribution in [2.45, 2.75) is 45.5 Å². The van der Waals surface area contributed by atoms with Crippen LogP contribution in [0.1, 0.15) is 43.5 Å². The predicted octanol–water partition coefficient (Wildman–Crippen LogP) is 5.52. The van der Waals surface area contributed by atoms with E-state index in [1.807, 2.05) is 24.3 Å². The van der Waals surface area contributed by atoms with Gasteiger partial charge in [-0.15, -0.1) is 11.8 Å². The minimum Gasteiger partial charge on any atom is -0.369 e. The second-order valence-electron chi connectivity index (χ2n) is 7.96. The highest BCUT2D eigenvalue weighted by molar-refractivity contribution is 8.13. The molecule has 33 heavy (non-hydrogen) atoms. The number of nitrogens with one attached hydrogen (secondary N) is 3. The van der Waals surface area contributed by atoms with Crippen LogP contribution in [-0.4, -0.2) is 47.4 Å². The molecule has 0 aliphatic carbocycles. The molecule has 0 amide bonds. The molecular weight excluding hydrogens is 449 g/mol. The molecule has 10 heteroatoms. The lowest BCUT2D eigenvalue weighted by Crippen LogP contribution is -2.25. The number of fused-ring (bicyclic) bond motifs is 1. The molecule has 2 aromatic rings. The van der Waals surface area contributed by atoms with Crippen molar-refractivity contribution in [2.75, 3.05) is 36.8 Å². The number of rotatable bonds is 11. The van der Waals surface area contributed by atoms with Gasteiger partial charge < -0.3 is 16.0 Å². The van der Waals surface area contributed by atoms with Crippen molar-refractivity contribution >= 4 is 34.3 Å². The molecule has 1 atom stereocenters. The van der Waals surface area contributed by atoms with Gasteiger partial charge >= 0.3 is 6.18 Å². The summed E-state index contributed by atoms with van der Waals surface area (Å²) in [7, 11) is 0. The Morgan fingerprint density at radius 2 is 1.91 bits per heavy atom. The van der Waals surface area contributed by atoms with Gasteiger partial charge in [-0.05, 0) is 44.0 Å². The number of hydrogen-bond donors (Lipinski definition) is 3. The summed E-state index contributed by atoms with van der Waals surface area (Å²) in [6.45, 7) is 7.34. The zero-order valence-electron chi connectivity index (χ0n) is 19.2. The van der Waals surface area contributed by atoms with Gasteiger partial charge in [-0.2, -0.15) is 18.2 Å². The maximum atomic E-state index is 12.7. The van der Waals surface area contributed by atoms with Crippen LogP contribution in [0.3, 0.4) is 0 Å². The summed E-state index contributed by atoms with van der Waals surface area (Å²) in [5, 5.41) is 9.82. The monoisotopic (exact) mass is 480 g/mol. The van der Waals surface area contributed by atoms with Crippen LogP contribution in [0, 0.1) is 12.8 Å². The fraction of sp³-hybridized carbons (Fsp3) is 0.522. The third kappa shape index (κ3) is 7.33. The molecule has 1 aliphatic rings. The van der Waals surface area contributed by atoms with E-state index in [0.29, 0.717) is 24.0 Å². The minimum absolute atomic E-state index is 0.0439. The number of thioether (sulfide) groups is 1. The van der Waals surface area contributed by atoms with E-state index < -0.39 is 12.7 Å². The molecule has 1 aliphatic heterocycles. The van der Waals surface area contributed by atoms with Gasteiger partial charge in [-0.3, -0.25) is 0 Å². The van der Waals surface area contributed by atoms with Crippen molar-refractivity contribution in [1.29, 1.82) is 0 Å². The molecule has 1 unspecified atom stereocenters. The Labute approximate surface area is 197 Å². The van der Waals surface area contributed by atoms with Crippen LogP contribution >= 0.6 is 11.8 Å². The van der Waals surface area contributed by atoms with Gasteiger partial charge in [0.25, 0.3) is 0 Å². The maximum Gasteiger partial charge on any atom is 0.405 e. The van der Waals surface area contributed by atoms with E-state index in [0.717, 1.165) is 53.5 Å². The lowest BCUT2D eigenvalue weighted by atomic mass is 10.0. The van der Waals surface area contributed by atoms with E-state index in [1.54, 1.807) is 18.7 Å². The Bertz CT molecular complexity index is 964. The van der Waals surface area contributed by atoms with Crippen LogP contribution in [0.25, 0.3) is 0 Å². The first-order chi connectivity index (χ1) is 15.8. The Morgan fingerprint density at radius 3 is 2.64 bits per heavy atom. The molecule has 3 N–H and O–H groups in total. The highest BCUT2D eigenvalue weighted by atomic mass is 32.2. The molecular formula is C23H31F3N6S. The number of anilines is 2. The average Bonchev–Trinajstić information content (AvgIpc) is 2.79. The molecule has 0 saturated heterocycles. The number of alkyl halides is 3. The van der Waals surface area contributed by atoms with Gasteiger partial charge in [-0.25, -0.2) is 9.98 Å². The zero-order valence-corrected chi connectivity index (χ0v) is 20.0. The molecule has 0 bridgehead atoms. The van der Waals surface area contributed by atoms with Crippen LogP contribution in [0.2, 0.25) is 0 Å². The fourth-order valence-electron chi connectivity index (χ4n) is 3.57. The molecule has 180 valence electrons. The largest absolute Gasteiger partial charge is 0.405 e. The second kappa shape index (κ2) is 11.7. The summed E-state index contributed by atoms with van der Waals surface area (Å²) >= 11 is 1.59. The number of benzene rings is 1. The van der Waals surface area contributed by atoms with Gasteiger partial charge in [0, 0.05) is 12.3 Å². The third-order valence-electron chi connectivity index (χ3n) is 5.43. The Kier molecular flexibility index (Phi) is 8.96. The Hall–Kier alpha value is -2.33. The van der Waals surface area contributed by atoms with Crippen LogP contribution in [-0.2, 0) is 5.75 Å². The van der Waals surface area contributed by atoms with Crippen LogP contribution < -0.4 is 16.0 Å². The van der Waals surface area contributed by atoms with Gasteiger partial charge in [-0.1, -0.05) is 38.5 Å². The Balaban J connectivity index is 1.87.